The zero-order valence-corrected chi connectivity index (χ0v) is 12.9. The van der Waals surface area contributed by atoms with E-state index in [0.717, 1.165) is 31.7 Å². The summed E-state index contributed by atoms with van der Waals surface area (Å²) in [5.74, 6) is 0.266. The zero-order chi connectivity index (χ0) is 14.7. The van der Waals surface area contributed by atoms with Gasteiger partial charge in [0.05, 0.1) is 19.1 Å². The normalized spacial score (nSPS) is 22.4. The van der Waals surface area contributed by atoms with Gasteiger partial charge in [0.1, 0.15) is 0 Å². The third-order valence-electron chi connectivity index (χ3n) is 5.07. The lowest BCUT2D eigenvalue weighted by atomic mass is 9.69. The van der Waals surface area contributed by atoms with E-state index < -0.39 is 0 Å². The maximum absolute atomic E-state index is 13.0. The monoisotopic (exact) mass is 287 g/mol. The van der Waals surface area contributed by atoms with Crippen molar-refractivity contribution in [3.05, 3.63) is 35.9 Å². The molecule has 0 N–H and O–H groups in total. The van der Waals surface area contributed by atoms with Crippen molar-refractivity contribution in [3.63, 3.8) is 0 Å². The maximum atomic E-state index is 13.0. The SMILES string of the molecule is CC[C@@H](C(=O)N1CCOCC2(CCC2)C1)c1ccccc1. The summed E-state index contributed by atoms with van der Waals surface area (Å²) in [5.41, 5.74) is 1.39. The summed E-state index contributed by atoms with van der Waals surface area (Å²) in [6, 6.07) is 10.2. The lowest BCUT2D eigenvalue weighted by molar-refractivity contribution is -0.134. The quantitative estimate of drug-likeness (QED) is 0.854. The van der Waals surface area contributed by atoms with Gasteiger partial charge in [0.2, 0.25) is 5.91 Å². The van der Waals surface area contributed by atoms with Gasteiger partial charge in [0.15, 0.2) is 0 Å². The van der Waals surface area contributed by atoms with Crippen molar-refractivity contribution in [2.75, 3.05) is 26.3 Å². The number of carbonyl (C=O) groups is 1. The molecule has 1 aliphatic heterocycles. The van der Waals surface area contributed by atoms with Crippen LogP contribution in [0.5, 0.6) is 0 Å². The van der Waals surface area contributed by atoms with Crippen molar-refractivity contribution < 1.29 is 9.53 Å². The number of hydrogen-bond donors (Lipinski definition) is 0. The molecular formula is C18H25NO2. The fourth-order valence-corrected chi connectivity index (χ4v) is 3.62. The Labute approximate surface area is 127 Å². The Morgan fingerprint density at radius 3 is 2.71 bits per heavy atom. The minimum atomic E-state index is -0.0126. The molecule has 2 aliphatic rings. The molecule has 1 aromatic rings. The van der Waals surface area contributed by atoms with Gasteiger partial charge in [-0.2, -0.15) is 0 Å². The Balaban J connectivity index is 1.76. The lowest BCUT2D eigenvalue weighted by Crippen LogP contribution is -2.46. The second-order valence-corrected chi connectivity index (χ2v) is 6.54. The minimum Gasteiger partial charge on any atom is -0.379 e. The molecule has 1 saturated heterocycles. The summed E-state index contributed by atoms with van der Waals surface area (Å²) in [7, 11) is 0. The highest BCUT2D eigenvalue weighted by Gasteiger charge is 2.42. The Morgan fingerprint density at radius 1 is 1.33 bits per heavy atom. The van der Waals surface area contributed by atoms with Gasteiger partial charge < -0.3 is 9.64 Å². The van der Waals surface area contributed by atoms with E-state index in [1.54, 1.807) is 0 Å². The number of benzene rings is 1. The molecule has 1 aliphatic carbocycles. The van der Waals surface area contributed by atoms with Crippen LogP contribution in [0.4, 0.5) is 0 Å². The summed E-state index contributed by atoms with van der Waals surface area (Å²) in [6.45, 7) is 5.24. The summed E-state index contributed by atoms with van der Waals surface area (Å²) in [5, 5.41) is 0. The topological polar surface area (TPSA) is 29.5 Å². The van der Waals surface area contributed by atoms with Crippen molar-refractivity contribution >= 4 is 5.91 Å². The van der Waals surface area contributed by atoms with Gasteiger partial charge in [-0.3, -0.25) is 4.79 Å². The first-order valence-corrected chi connectivity index (χ1v) is 8.16. The molecule has 114 valence electrons. The molecule has 3 nitrogen and oxygen atoms in total. The van der Waals surface area contributed by atoms with Gasteiger partial charge in [0, 0.05) is 18.5 Å². The first kappa shape index (κ1) is 14.6. The fourth-order valence-electron chi connectivity index (χ4n) is 3.62. The molecule has 1 saturated carbocycles. The second-order valence-electron chi connectivity index (χ2n) is 6.54. The van der Waals surface area contributed by atoms with Crippen LogP contribution >= 0.6 is 0 Å². The molecule has 1 amide bonds. The number of ether oxygens (including phenoxy) is 1. The van der Waals surface area contributed by atoms with E-state index in [4.69, 9.17) is 4.74 Å². The third kappa shape index (κ3) is 2.98. The van der Waals surface area contributed by atoms with Crippen LogP contribution in [0.2, 0.25) is 0 Å². The molecule has 3 rings (SSSR count). The second kappa shape index (κ2) is 6.18. The van der Waals surface area contributed by atoms with E-state index in [-0.39, 0.29) is 17.2 Å². The highest BCUT2D eigenvalue weighted by molar-refractivity contribution is 5.83. The average Bonchev–Trinajstić information content (AvgIpc) is 2.72. The van der Waals surface area contributed by atoms with Gasteiger partial charge >= 0.3 is 0 Å². The zero-order valence-electron chi connectivity index (χ0n) is 12.9. The molecule has 1 heterocycles. The van der Waals surface area contributed by atoms with Crippen molar-refractivity contribution in [2.45, 2.75) is 38.5 Å². The fraction of sp³-hybridized carbons (Fsp3) is 0.611. The number of rotatable bonds is 3. The smallest absolute Gasteiger partial charge is 0.230 e. The summed E-state index contributed by atoms with van der Waals surface area (Å²) < 4.78 is 5.76. The molecule has 1 atom stereocenters. The largest absolute Gasteiger partial charge is 0.379 e. The number of carbonyl (C=O) groups excluding carboxylic acids is 1. The first-order valence-electron chi connectivity index (χ1n) is 8.16. The van der Waals surface area contributed by atoms with E-state index in [0.29, 0.717) is 6.61 Å². The highest BCUT2D eigenvalue weighted by atomic mass is 16.5. The van der Waals surface area contributed by atoms with Crippen molar-refractivity contribution in [3.8, 4) is 0 Å². The van der Waals surface area contributed by atoms with E-state index in [9.17, 15) is 4.79 Å². The Hall–Kier alpha value is -1.35. The summed E-state index contributed by atoms with van der Waals surface area (Å²) in [4.78, 5) is 15.0. The van der Waals surface area contributed by atoms with Crippen LogP contribution in [0.1, 0.15) is 44.1 Å². The number of amides is 1. The van der Waals surface area contributed by atoms with Gasteiger partial charge in [-0.15, -0.1) is 0 Å². The van der Waals surface area contributed by atoms with Crippen LogP contribution in [0.15, 0.2) is 30.3 Å². The van der Waals surface area contributed by atoms with Crippen molar-refractivity contribution in [1.82, 2.24) is 4.90 Å². The van der Waals surface area contributed by atoms with Gasteiger partial charge in [0.25, 0.3) is 0 Å². The van der Waals surface area contributed by atoms with Crippen LogP contribution in [-0.4, -0.2) is 37.1 Å². The molecule has 0 radical (unpaired) electrons. The van der Waals surface area contributed by atoms with Crippen molar-refractivity contribution in [1.29, 1.82) is 0 Å². The van der Waals surface area contributed by atoms with E-state index >= 15 is 0 Å². The number of nitrogens with zero attached hydrogens (tertiary/aromatic N) is 1. The van der Waals surface area contributed by atoms with E-state index in [1.807, 2.05) is 18.2 Å². The maximum Gasteiger partial charge on any atom is 0.230 e. The molecule has 1 spiro atoms. The van der Waals surface area contributed by atoms with Crippen LogP contribution in [0.3, 0.4) is 0 Å². The Bertz CT molecular complexity index is 481. The molecule has 2 fully saturated rings. The lowest BCUT2D eigenvalue weighted by Gasteiger charge is -2.43. The first-order chi connectivity index (χ1) is 10.2. The average molecular weight is 287 g/mol. The van der Waals surface area contributed by atoms with Gasteiger partial charge in [-0.1, -0.05) is 43.7 Å². The van der Waals surface area contributed by atoms with Crippen LogP contribution in [-0.2, 0) is 9.53 Å². The van der Waals surface area contributed by atoms with E-state index in [1.165, 1.54) is 19.3 Å². The molecule has 0 bridgehead atoms. The number of hydrogen-bond acceptors (Lipinski definition) is 2. The molecular weight excluding hydrogens is 262 g/mol. The third-order valence-corrected chi connectivity index (χ3v) is 5.07. The van der Waals surface area contributed by atoms with Crippen LogP contribution in [0, 0.1) is 5.41 Å². The minimum absolute atomic E-state index is 0.0126. The standard InChI is InChI=1S/C18H25NO2/c1-2-16(15-7-4-3-5-8-15)17(20)19-11-12-21-14-18(13-19)9-6-10-18/h3-5,7-8,16H,2,6,9-14H2,1H3/t16-/m1/s1. The molecule has 1 aromatic carbocycles. The van der Waals surface area contributed by atoms with E-state index in [2.05, 4.69) is 24.0 Å². The highest BCUT2D eigenvalue weighted by Crippen LogP contribution is 2.43. The Kier molecular flexibility index (Phi) is 4.29. The molecule has 0 unspecified atom stereocenters. The van der Waals surface area contributed by atoms with Crippen LogP contribution < -0.4 is 0 Å². The summed E-state index contributed by atoms with van der Waals surface area (Å²) in [6.07, 6.45) is 4.55. The summed E-state index contributed by atoms with van der Waals surface area (Å²) >= 11 is 0. The predicted molar refractivity (Wildman–Crippen MR) is 83.2 cm³/mol. The Morgan fingerprint density at radius 2 is 2.10 bits per heavy atom. The molecule has 3 heteroatoms. The molecule has 21 heavy (non-hydrogen) atoms. The van der Waals surface area contributed by atoms with Crippen molar-refractivity contribution in [2.24, 2.45) is 5.41 Å². The predicted octanol–water partition coefficient (Wildman–Crippen LogP) is 3.21. The van der Waals surface area contributed by atoms with Gasteiger partial charge in [-0.25, -0.2) is 0 Å². The van der Waals surface area contributed by atoms with Crippen LogP contribution in [0.25, 0.3) is 0 Å². The van der Waals surface area contributed by atoms with Gasteiger partial charge in [-0.05, 0) is 24.8 Å². The molecule has 0 aromatic heterocycles.